The Kier molecular flexibility index (Phi) is 5.28. The lowest BCUT2D eigenvalue weighted by Crippen LogP contribution is -2.40. The van der Waals surface area contributed by atoms with Gasteiger partial charge < -0.3 is 11.5 Å². The van der Waals surface area contributed by atoms with Crippen LogP contribution in [0, 0.1) is 0 Å². The topological polar surface area (TPSA) is 52.0 Å². The molecule has 0 saturated carbocycles. The summed E-state index contributed by atoms with van der Waals surface area (Å²) in [6.07, 6.45) is 1.93. The molecule has 0 heterocycles. The van der Waals surface area contributed by atoms with E-state index in [0.29, 0.717) is 0 Å². The zero-order valence-corrected chi connectivity index (χ0v) is 15.0. The first-order valence-electron chi connectivity index (χ1n) is 8.00. The molecule has 2 nitrogen and oxygen atoms in total. The summed E-state index contributed by atoms with van der Waals surface area (Å²) in [6.45, 7) is 15.5. The Morgan fingerprint density at radius 3 is 1.71 bits per heavy atom. The van der Waals surface area contributed by atoms with Crippen LogP contribution in [-0.4, -0.2) is 11.6 Å². The first-order chi connectivity index (χ1) is 9.35. The van der Waals surface area contributed by atoms with Crippen LogP contribution in [0.15, 0.2) is 24.3 Å². The van der Waals surface area contributed by atoms with Gasteiger partial charge in [-0.2, -0.15) is 0 Å². The first-order valence-corrected chi connectivity index (χ1v) is 8.00. The Morgan fingerprint density at radius 2 is 1.33 bits per heavy atom. The van der Waals surface area contributed by atoms with Crippen molar-refractivity contribution >= 4 is 0 Å². The molecular formula is C19H34N2. The van der Waals surface area contributed by atoms with Gasteiger partial charge in [0.25, 0.3) is 0 Å². The fourth-order valence-corrected chi connectivity index (χ4v) is 3.81. The van der Waals surface area contributed by atoms with Crippen molar-refractivity contribution in [3.05, 3.63) is 35.4 Å². The van der Waals surface area contributed by atoms with Gasteiger partial charge in [0.15, 0.2) is 0 Å². The highest BCUT2D eigenvalue weighted by Gasteiger charge is 2.33. The van der Waals surface area contributed by atoms with Crippen molar-refractivity contribution < 1.29 is 0 Å². The normalized spacial score (nSPS) is 15.1. The van der Waals surface area contributed by atoms with E-state index in [1.54, 1.807) is 0 Å². The summed E-state index contributed by atoms with van der Waals surface area (Å²) in [5.41, 5.74) is 15.1. The minimum Gasteiger partial charge on any atom is -0.328 e. The third-order valence-corrected chi connectivity index (χ3v) is 4.12. The monoisotopic (exact) mass is 290 g/mol. The molecule has 4 N–H and O–H groups in total. The van der Waals surface area contributed by atoms with Gasteiger partial charge in [0.05, 0.1) is 0 Å². The lowest BCUT2D eigenvalue weighted by molar-refractivity contribution is 0.340. The van der Waals surface area contributed by atoms with Crippen molar-refractivity contribution in [1.82, 2.24) is 0 Å². The molecule has 0 aliphatic carbocycles. The van der Waals surface area contributed by atoms with E-state index in [2.05, 4.69) is 72.7 Å². The zero-order valence-electron chi connectivity index (χ0n) is 15.0. The van der Waals surface area contributed by atoms with Crippen molar-refractivity contribution in [2.75, 3.05) is 0 Å². The van der Waals surface area contributed by atoms with Gasteiger partial charge in [0.1, 0.15) is 0 Å². The number of hydrogen-bond donors (Lipinski definition) is 2. The van der Waals surface area contributed by atoms with Crippen molar-refractivity contribution in [2.24, 2.45) is 11.5 Å². The van der Waals surface area contributed by atoms with Gasteiger partial charge in [-0.25, -0.2) is 0 Å². The van der Waals surface area contributed by atoms with Gasteiger partial charge >= 0.3 is 0 Å². The molecule has 0 aromatic heterocycles. The maximum atomic E-state index is 6.28. The highest BCUT2D eigenvalue weighted by Crippen LogP contribution is 2.39. The molecule has 1 atom stereocenters. The standard InChI is InChI=1S/C19H34N2/c1-14(20)12-17(2,3)15-10-8-9-11-16(15)18(4,5)13-19(6,7)21/h8-11,14H,12-13,20-21H2,1-7H3. The van der Waals surface area contributed by atoms with Gasteiger partial charge in [-0.05, 0) is 55.6 Å². The average molecular weight is 290 g/mol. The van der Waals surface area contributed by atoms with E-state index in [0.717, 1.165) is 12.8 Å². The summed E-state index contributed by atoms with van der Waals surface area (Å²) in [7, 11) is 0. The predicted molar refractivity (Wildman–Crippen MR) is 93.6 cm³/mol. The van der Waals surface area contributed by atoms with Crippen molar-refractivity contribution in [3.8, 4) is 0 Å². The molecule has 0 bridgehead atoms. The number of rotatable bonds is 6. The van der Waals surface area contributed by atoms with E-state index < -0.39 is 0 Å². The maximum Gasteiger partial charge on any atom is 0.0105 e. The van der Waals surface area contributed by atoms with Crippen LogP contribution >= 0.6 is 0 Å². The molecule has 0 saturated heterocycles. The van der Waals surface area contributed by atoms with Crippen LogP contribution in [0.3, 0.4) is 0 Å². The number of benzene rings is 1. The molecular weight excluding hydrogens is 256 g/mol. The van der Waals surface area contributed by atoms with Crippen LogP contribution in [0.1, 0.15) is 72.4 Å². The van der Waals surface area contributed by atoms with E-state index in [4.69, 9.17) is 11.5 Å². The Morgan fingerprint density at radius 1 is 0.905 bits per heavy atom. The fourth-order valence-electron chi connectivity index (χ4n) is 3.81. The third kappa shape index (κ3) is 5.12. The van der Waals surface area contributed by atoms with Gasteiger partial charge in [-0.15, -0.1) is 0 Å². The summed E-state index contributed by atoms with van der Waals surface area (Å²) in [5, 5.41) is 0. The van der Waals surface area contributed by atoms with Crippen molar-refractivity contribution in [1.29, 1.82) is 0 Å². The van der Waals surface area contributed by atoms with Crippen LogP contribution in [0.25, 0.3) is 0 Å². The summed E-state index contributed by atoms with van der Waals surface area (Å²) < 4.78 is 0. The molecule has 1 rings (SSSR count). The minimum atomic E-state index is -0.179. The van der Waals surface area contributed by atoms with Gasteiger partial charge in [0, 0.05) is 11.6 Å². The molecule has 1 aromatic rings. The van der Waals surface area contributed by atoms with Crippen LogP contribution in [-0.2, 0) is 10.8 Å². The summed E-state index contributed by atoms with van der Waals surface area (Å²) in [6, 6.07) is 8.96. The molecule has 1 unspecified atom stereocenters. The Balaban J connectivity index is 3.27. The highest BCUT2D eigenvalue weighted by molar-refractivity contribution is 5.38. The second-order valence-corrected chi connectivity index (χ2v) is 8.66. The first kappa shape index (κ1) is 18.2. The van der Waals surface area contributed by atoms with Crippen LogP contribution in [0.4, 0.5) is 0 Å². The van der Waals surface area contributed by atoms with Gasteiger partial charge in [-0.1, -0.05) is 52.0 Å². The summed E-state index contributed by atoms with van der Waals surface area (Å²) in [5.74, 6) is 0. The molecule has 1 aromatic carbocycles. The average Bonchev–Trinajstić information content (AvgIpc) is 2.24. The number of hydrogen-bond acceptors (Lipinski definition) is 2. The molecule has 0 radical (unpaired) electrons. The molecule has 120 valence electrons. The Bertz CT molecular complexity index is 465. The lowest BCUT2D eigenvalue weighted by Gasteiger charge is -2.38. The fraction of sp³-hybridized carbons (Fsp3) is 0.684. The summed E-state index contributed by atoms with van der Waals surface area (Å²) >= 11 is 0. The van der Waals surface area contributed by atoms with E-state index >= 15 is 0 Å². The predicted octanol–water partition coefficient (Wildman–Crippen LogP) is 4.11. The number of nitrogens with two attached hydrogens (primary N) is 2. The van der Waals surface area contributed by atoms with Crippen LogP contribution in [0.5, 0.6) is 0 Å². The van der Waals surface area contributed by atoms with E-state index in [9.17, 15) is 0 Å². The minimum absolute atomic E-state index is 0.0456. The van der Waals surface area contributed by atoms with Crippen molar-refractivity contribution in [3.63, 3.8) is 0 Å². The molecule has 0 aliphatic rings. The summed E-state index contributed by atoms with van der Waals surface area (Å²) in [4.78, 5) is 0. The molecule has 0 aliphatic heterocycles. The molecule has 21 heavy (non-hydrogen) atoms. The quantitative estimate of drug-likeness (QED) is 0.828. The Hall–Kier alpha value is -0.860. The van der Waals surface area contributed by atoms with E-state index in [1.165, 1.54) is 11.1 Å². The lowest BCUT2D eigenvalue weighted by atomic mass is 9.68. The Labute approximate surface area is 131 Å². The second kappa shape index (κ2) is 6.10. The SMILES string of the molecule is CC(N)CC(C)(C)c1ccccc1C(C)(C)CC(C)(C)N. The zero-order chi connectivity index (χ0) is 16.5. The highest BCUT2D eigenvalue weighted by atomic mass is 14.7. The van der Waals surface area contributed by atoms with Gasteiger partial charge in [0.2, 0.25) is 0 Å². The smallest absolute Gasteiger partial charge is 0.0105 e. The van der Waals surface area contributed by atoms with Crippen LogP contribution < -0.4 is 11.5 Å². The molecule has 0 fully saturated rings. The second-order valence-electron chi connectivity index (χ2n) is 8.66. The third-order valence-electron chi connectivity index (χ3n) is 4.12. The van der Waals surface area contributed by atoms with Gasteiger partial charge in [-0.3, -0.25) is 0 Å². The molecule has 0 spiro atoms. The molecule has 2 heteroatoms. The van der Waals surface area contributed by atoms with Crippen LogP contribution in [0.2, 0.25) is 0 Å². The molecule has 0 amide bonds. The van der Waals surface area contributed by atoms with E-state index in [-0.39, 0.29) is 22.4 Å². The van der Waals surface area contributed by atoms with Crippen molar-refractivity contribution in [2.45, 2.75) is 83.7 Å². The van der Waals surface area contributed by atoms with E-state index in [1.807, 2.05) is 0 Å². The maximum absolute atomic E-state index is 6.28. The largest absolute Gasteiger partial charge is 0.328 e.